The number of hydrogen-bond donors (Lipinski definition) is 1. The number of carbonyl (C=O) groups is 2. The molecular weight excluding hydrogens is 224 g/mol. The predicted molar refractivity (Wildman–Crippen MR) is 49.3 cm³/mol. The van der Waals surface area contributed by atoms with Crippen LogP contribution in [0.4, 0.5) is 5.69 Å². The minimum absolute atomic E-state index is 0.434. The van der Waals surface area contributed by atoms with Gasteiger partial charge in [0.25, 0.3) is 0 Å². The summed E-state index contributed by atoms with van der Waals surface area (Å²) in [6.07, 6.45) is 0. The standard InChI is InChI=1S/C8H5ClN2O4/c9-5-2-1-3-6(4-5)11-10-14-7(12)8(13)15-11/h1-4,10H. The average Bonchev–Trinajstić information content (AvgIpc) is 2.22. The van der Waals surface area contributed by atoms with Crippen LogP contribution in [0.15, 0.2) is 24.3 Å². The van der Waals surface area contributed by atoms with E-state index in [2.05, 4.69) is 15.3 Å². The third kappa shape index (κ3) is 2.00. The van der Waals surface area contributed by atoms with Gasteiger partial charge >= 0.3 is 11.9 Å². The summed E-state index contributed by atoms with van der Waals surface area (Å²) in [5.41, 5.74) is 2.56. The molecule has 1 aliphatic rings. The van der Waals surface area contributed by atoms with Crippen LogP contribution in [0.5, 0.6) is 0 Å². The van der Waals surface area contributed by atoms with Crippen LogP contribution in [0.1, 0.15) is 0 Å². The summed E-state index contributed by atoms with van der Waals surface area (Å²) in [6, 6.07) is 6.46. The second-order valence-electron chi connectivity index (χ2n) is 2.63. The fraction of sp³-hybridized carbons (Fsp3) is 0. The summed E-state index contributed by atoms with van der Waals surface area (Å²) in [6.45, 7) is 0. The number of nitrogens with zero attached hydrogens (tertiary/aromatic N) is 1. The van der Waals surface area contributed by atoms with Gasteiger partial charge in [-0.2, -0.15) is 0 Å². The number of carbonyl (C=O) groups excluding carboxylic acids is 2. The summed E-state index contributed by atoms with van der Waals surface area (Å²) in [4.78, 5) is 30.4. The van der Waals surface area contributed by atoms with Gasteiger partial charge in [-0.15, -0.1) is 5.17 Å². The summed E-state index contributed by atoms with van der Waals surface area (Å²) in [5.74, 6) is -2.21. The Hall–Kier alpha value is -1.79. The summed E-state index contributed by atoms with van der Waals surface area (Å²) in [7, 11) is 0. The highest BCUT2D eigenvalue weighted by atomic mass is 35.5. The van der Waals surface area contributed by atoms with Gasteiger partial charge in [0.1, 0.15) is 0 Å². The molecule has 0 unspecified atom stereocenters. The second-order valence-corrected chi connectivity index (χ2v) is 3.07. The summed E-state index contributed by atoms with van der Waals surface area (Å²) >= 11 is 5.73. The molecular formula is C8H5ClN2O4. The van der Waals surface area contributed by atoms with Crippen molar-refractivity contribution >= 4 is 29.2 Å². The molecule has 6 nitrogen and oxygen atoms in total. The van der Waals surface area contributed by atoms with Gasteiger partial charge in [-0.25, -0.2) is 9.59 Å². The normalized spacial score (nSPS) is 15.9. The molecule has 1 aliphatic heterocycles. The van der Waals surface area contributed by atoms with E-state index in [0.717, 1.165) is 5.17 Å². The van der Waals surface area contributed by atoms with Gasteiger partial charge in [0, 0.05) is 5.02 Å². The van der Waals surface area contributed by atoms with Gasteiger partial charge in [0.2, 0.25) is 0 Å². The van der Waals surface area contributed by atoms with Crippen LogP contribution < -0.4 is 10.8 Å². The van der Waals surface area contributed by atoms with Crippen LogP contribution in [0.25, 0.3) is 0 Å². The first-order valence-electron chi connectivity index (χ1n) is 3.91. The van der Waals surface area contributed by atoms with Crippen molar-refractivity contribution in [3.05, 3.63) is 29.3 Å². The molecule has 0 amide bonds. The van der Waals surface area contributed by atoms with E-state index in [1.807, 2.05) is 0 Å². The third-order valence-corrected chi connectivity index (χ3v) is 1.84. The summed E-state index contributed by atoms with van der Waals surface area (Å²) in [5, 5.41) is 1.36. The smallest absolute Gasteiger partial charge is 0.338 e. The van der Waals surface area contributed by atoms with E-state index in [4.69, 9.17) is 11.6 Å². The van der Waals surface area contributed by atoms with Crippen LogP contribution in [0.3, 0.4) is 0 Å². The average molecular weight is 229 g/mol. The van der Waals surface area contributed by atoms with Crippen molar-refractivity contribution in [1.82, 2.24) is 5.59 Å². The first kappa shape index (κ1) is 9.75. The van der Waals surface area contributed by atoms with E-state index in [9.17, 15) is 9.59 Å². The molecule has 1 aromatic carbocycles. The second kappa shape index (κ2) is 3.76. The number of halogens is 1. The largest absolute Gasteiger partial charge is 0.444 e. The minimum Gasteiger partial charge on any atom is -0.338 e. The van der Waals surface area contributed by atoms with Crippen molar-refractivity contribution in [1.29, 1.82) is 0 Å². The third-order valence-electron chi connectivity index (χ3n) is 1.60. The Labute approximate surface area is 89.2 Å². The lowest BCUT2D eigenvalue weighted by Crippen LogP contribution is -2.49. The molecule has 0 bridgehead atoms. The Morgan fingerprint density at radius 2 is 2.07 bits per heavy atom. The number of anilines is 1. The number of nitrogens with one attached hydrogen (secondary N) is 1. The van der Waals surface area contributed by atoms with Gasteiger partial charge in [0.05, 0.1) is 5.69 Å². The molecule has 78 valence electrons. The maximum absolute atomic E-state index is 10.9. The molecule has 1 saturated heterocycles. The Bertz CT molecular complexity index is 423. The molecule has 15 heavy (non-hydrogen) atoms. The van der Waals surface area contributed by atoms with Gasteiger partial charge in [-0.1, -0.05) is 17.7 Å². The zero-order valence-electron chi connectivity index (χ0n) is 7.27. The maximum Gasteiger partial charge on any atom is 0.444 e. The van der Waals surface area contributed by atoms with E-state index in [-0.39, 0.29) is 0 Å². The number of benzene rings is 1. The SMILES string of the molecule is O=C1ONN(c2cccc(Cl)c2)OC1=O. The van der Waals surface area contributed by atoms with Crippen LogP contribution in [0.2, 0.25) is 5.02 Å². The van der Waals surface area contributed by atoms with Crippen molar-refractivity contribution in [2.24, 2.45) is 0 Å². The summed E-state index contributed by atoms with van der Waals surface area (Å²) < 4.78 is 0. The van der Waals surface area contributed by atoms with Gasteiger partial charge in [-0.3, -0.25) is 0 Å². The topological polar surface area (TPSA) is 67.9 Å². The van der Waals surface area contributed by atoms with Crippen molar-refractivity contribution in [2.75, 3.05) is 5.17 Å². The van der Waals surface area contributed by atoms with E-state index in [0.29, 0.717) is 10.7 Å². The van der Waals surface area contributed by atoms with Gasteiger partial charge in [-0.05, 0) is 23.8 Å². The zero-order valence-corrected chi connectivity index (χ0v) is 8.02. The number of hydrogen-bond acceptors (Lipinski definition) is 6. The lowest BCUT2D eigenvalue weighted by atomic mass is 10.3. The Kier molecular flexibility index (Phi) is 2.44. The maximum atomic E-state index is 10.9. The molecule has 0 atom stereocenters. The van der Waals surface area contributed by atoms with Gasteiger partial charge < -0.3 is 9.68 Å². The first-order chi connectivity index (χ1) is 7.16. The molecule has 1 heterocycles. The molecule has 0 aliphatic carbocycles. The highest BCUT2D eigenvalue weighted by Gasteiger charge is 2.29. The van der Waals surface area contributed by atoms with Crippen molar-refractivity contribution in [3.8, 4) is 0 Å². The number of rotatable bonds is 1. The van der Waals surface area contributed by atoms with E-state index in [1.165, 1.54) is 6.07 Å². The fourth-order valence-corrected chi connectivity index (χ4v) is 1.16. The molecule has 7 heteroatoms. The Morgan fingerprint density at radius 3 is 2.73 bits per heavy atom. The molecule has 0 aromatic heterocycles. The van der Waals surface area contributed by atoms with E-state index < -0.39 is 11.9 Å². The zero-order chi connectivity index (χ0) is 10.8. The lowest BCUT2D eigenvalue weighted by Gasteiger charge is -2.25. The molecule has 0 spiro atoms. The lowest BCUT2D eigenvalue weighted by molar-refractivity contribution is -0.192. The van der Waals surface area contributed by atoms with Crippen LogP contribution in [-0.4, -0.2) is 11.9 Å². The predicted octanol–water partition coefficient (Wildman–Crippen LogP) is 0.581. The van der Waals surface area contributed by atoms with Gasteiger partial charge in [0.15, 0.2) is 0 Å². The minimum atomic E-state index is -1.10. The van der Waals surface area contributed by atoms with Crippen molar-refractivity contribution in [2.45, 2.75) is 0 Å². The molecule has 0 saturated carbocycles. The molecule has 0 radical (unpaired) electrons. The van der Waals surface area contributed by atoms with Crippen LogP contribution in [0, 0.1) is 0 Å². The molecule has 2 rings (SSSR count). The van der Waals surface area contributed by atoms with Crippen molar-refractivity contribution in [3.63, 3.8) is 0 Å². The quantitative estimate of drug-likeness (QED) is 0.710. The monoisotopic (exact) mass is 228 g/mol. The Morgan fingerprint density at radius 1 is 1.27 bits per heavy atom. The van der Waals surface area contributed by atoms with Crippen LogP contribution in [-0.2, 0) is 19.3 Å². The van der Waals surface area contributed by atoms with E-state index in [1.54, 1.807) is 18.2 Å². The van der Waals surface area contributed by atoms with Crippen LogP contribution >= 0.6 is 11.6 Å². The first-order valence-corrected chi connectivity index (χ1v) is 4.29. The molecule has 1 N–H and O–H groups in total. The molecule has 1 aromatic rings. The van der Waals surface area contributed by atoms with E-state index >= 15 is 0 Å². The molecule has 1 fully saturated rings. The Balaban J connectivity index is 2.19. The van der Waals surface area contributed by atoms with Crippen molar-refractivity contribution < 1.29 is 19.3 Å². The fourth-order valence-electron chi connectivity index (χ4n) is 0.971. The highest BCUT2D eigenvalue weighted by Crippen LogP contribution is 2.19. The number of hydrazine groups is 1. The highest BCUT2D eigenvalue weighted by molar-refractivity contribution is 6.31.